The van der Waals surface area contributed by atoms with Crippen LogP contribution in [0, 0.1) is 5.92 Å². The van der Waals surface area contributed by atoms with Crippen LogP contribution in [0.3, 0.4) is 0 Å². The molecule has 1 rings (SSSR count). The first kappa shape index (κ1) is 14.5. The Morgan fingerprint density at radius 1 is 1.33 bits per heavy atom. The van der Waals surface area contributed by atoms with Gasteiger partial charge < -0.3 is 15.9 Å². The van der Waals surface area contributed by atoms with Crippen LogP contribution in [0.25, 0.3) is 0 Å². The van der Waals surface area contributed by atoms with E-state index in [1.807, 2.05) is 26.0 Å². The molecular weight excluding hydrogens is 230 g/mol. The summed E-state index contributed by atoms with van der Waals surface area (Å²) in [6.07, 6.45) is 0.850. The van der Waals surface area contributed by atoms with Crippen LogP contribution >= 0.6 is 0 Å². The Bertz CT molecular complexity index is 400. The molecule has 1 atom stereocenters. The molecular formula is C14H21NO3. The molecule has 0 spiro atoms. The Kier molecular flexibility index (Phi) is 4.73. The van der Waals surface area contributed by atoms with E-state index in [1.54, 1.807) is 12.1 Å². The summed E-state index contributed by atoms with van der Waals surface area (Å²) in [7, 11) is 0. The number of hydrogen-bond acceptors (Lipinski definition) is 3. The number of aliphatic carboxylic acids is 1. The minimum absolute atomic E-state index is 0.0950. The van der Waals surface area contributed by atoms with E-state index in [0.717, 1.165) is 5.56 Å². The second-order valence-corrected chi connectivity index (χ2v) is 5.07. The van der Waals surface area contributed by atoms with Crippen molar-refractivity contribution < 1.29 is 15.0 Å². The summed E-state index contributed by atoms with van der Waals surface area (Å²) in [6.45, 7) is 3.68. The fourth-order valence-corrected chi connectivity index (χ4v) is 1.89. The van der Waals surface area contributed by atoms with Gasteiger partial charge in [-0.3, -0.25) is 4.79 Å². The lowest BCUT2D eigenvalue weighted by Gasteiger charge is -2.30. The van der Waals surface area contributed by atoms with Crippen molar-refractivity contribution in [1.82, 2.24) is 0 Å². The maximum atomic E-state index is 10.8. The van der Waals surface area contributed by atoms with Crippen LogP contribution < -0.4 is 5.73 Å². The Morgan fingerprint density at radius 3 is 2.33 bits per heavy atom. The summed E-state index contributed by atoms with van der Waals surface area (Å²) < 4.78 is 0. The topological polar surface area (TPSA) is 83.5 Å². The number of nitrogen functional groups attached to an aromatic ring is 1. The van der Waals surface area contributed by atoms with Gasteiger partial charge in [0, 0.05) is 5.69 Å². The number of aryl methyl sites for hydroxylation is 1. The van der Waals surface area contributed by atoms with E-state index in [2.05, 4.69) is 0 Å². The summed E-state index contributed by atoms with van der Waals surface area (Å²) in [5, 5.41) is 19.2. The number of carboxylic acids is 1. The molecule has 0 fully saturated rings. The van der Waals surface area contributed by atoms with Gasteiger partial charge >= 0.3 is 5.97 Å². The van der Waals surface area contributed by atoms with E-state index in [9.17, 15) is 9.90 Å². The van der Waals surface area contributed by atoms with Crippen LogP contribution in [0.2, 0.25) is 0 Å². The number of benzene rings is 1. The average molecular weight is 251 g/mol. The Morgan fingerprint density at radius 2 is 1.89 bits per heavy atom. The smallest absolute Gasteiger partial charge is 0.306 e. The van der Waals surface area contributed by atoms with Gasteiger partial charge in [0.25, 0.3) is 0 Å². The zero-order chi connectivity index (χ0) is 13.8. The Balaban J connectivity index is 2.67. The zero-order valence-corrected chi connectivity index (χ0v) is 10.9. The van der Waals surface area contributed by atoms with Crippen molar-refractivity contribution in [3.63, 3.8) is 0 Å². The van der Waals surface area contributed by atoms with E-state index in [-0.39, 0.29) is 12.3 Å². The average Bonchev–Trinajstić information content (AvgIpc) is 2.27. The number of carboxylic acid groups (broad SMARTS) is 1. The van der Waals surface area contributed by atoms with E-state index in [1.165, 1.54) is 0 Å². The first-order valence-electron chi connectivity index (χ1n) is 6.12. The van der Waals surface area contributed by atoms with E-state index >= 15 is 0 Å². The van der Waals surface area contributed by atoms with Gasteiger partial charge in [0.15, 0.2) is 0 Å². The minimum Gasteiger partial charge on any atom is -0.481 e. The fraction of sp³-hybridized carbons (Fsp3) is 0.500. The number of hydrogen-bond donors (Lipinski definition) is 3. The monoisotopic (exact) mass is 251 g/mol. The second-order valence-electron chi connectivity index (χ2n) is 5.07. The molecule has 0 aliphatic rings. The predicted octanol–water partition coefficient (Wildman–Crippen LogP) is 2.06. The maximum absolute atomic E-state index is 10.8. The summed E-state index contributed by atoms with van der Waals surface area (Å²) >= 11 is 0. The van der Waals surface area contributed by atoms with Crippen molar-refractivity contribution in [3.8, 4) is 0 Å². The fourth-order valence-electron chi connectivity index (χ4n) is 1.89. The van der Waals surface area contributed by atoms with Crippen molar-refractivity contribution >= 4 is 11.7 Å². The number of rotatable bonds is 6. The minimum atomic E-state index is -1.16. The highest BCUT2D eigenvalue weighted by Gasteiger charge is 2.33. The molecule has 0 radical (unpaired) electrons. The van der Waals surface area contributed by atoms with Crippen LogP contribution in [-0.2, 0) is 11.2 Å². The van der Waals surface area contributed by atoms with Crippen molar-refractivity contribution in [2.45, 2.75) is 38.7 Å². The van der Waals surface area contributed by atoms with Gasteiger partial charge in [0.2, 0.25) is 0 Å². The number of nitrogens with two attached hydrogens (primary N) is 1. The highest BCUT2D eigenvalue weighted by Crippen LogP contribution is 2.27. The van der Waals surface area contributed by atoms with Crippen molar-refractivity contribution in [1.29, 1.82) is 0 Å². The molecule has 1 aromatic carbocycles. The van der Waals surface area contributed by atoms with Gasteiger partial charge in [-0.1, -0.05) is 26.0 Å². The van der Waals surface area contributed by atoms with Crippen LogP contribution in [-0.4, -0.2) is 21.8 Å². The summed E-state index contributed by atoms with van der Waals surface area (Å²) in [5.74, 6) is -1.06. The Hall–Kier alpha value is -1.55. The number of anilines is 1. The van der Waals surface area contributed by atoms with Crippen LogP contribution in [0.4, 0.5) is 5.69 Å². The second kappa shape index (κ2) is 5.87. The molecule has 4 N–H and O–H groups in total. The van der Waals surface area contributed by atoms with E-state index in [0.29, 0.717) is 18.5 Å². The third kappa shape index (κ3) is 4.04. The lowest BCUT2D eigenvalue weighted by atomic mass is 9.82. The summed E-state index contributed by atoms with van der Waals surface area (Å²) in [6, 6.07) is 7.41. The number of aliphatic hydroxyl groups is 1. The van der Waals surface area contributed by atoms with E-state index in [4.69, 9.17) is 10.8 Å². The predicted molar refractivity (Wildman–Crippen MR) is 71.2 cm³/mol. The third-order valence-corrected chi connectivity index (χ3v) is 3.36. The lowest BCUT2D eigenvalue weighted by Crippen LogP contribution is -2.38. The zero-order valence-electron chi connectivity index (χ0n) is 10.9. The molecule has 0 saturated heterocycles. The molecule has 1 aromatic rings. The van der Waals surface area contributed by atoms with Crippen molar-refractivity contribution in [2.75, 3.05) is 5.73 Å². The molecule has 0 aliphatic heterocycles. The molecule has 0 bridgehead atoms. The molecule has 0 aliphatic carbocycles. The Labute approximate surface area is 107 Å². The molecule has 0 heterocycles. The van der Waals surface area contributed by atoms with Gasteiger partial charge in [-0.2, -0.15) is 0 Å². The molecule has 0 amide bonds. The van der Waals surface area contributed by atoms with E-state index < -0.39 is 11.6 Å². The highest BCUT2D eigenvalue weighted by molar-refractivity contribution is 5.68. The van der Waals surface area contributed by atoms with Crippen molar-refractivity contribution in [3.05, 3.63) is 29.8 Å². The summed E-state index contributed by atoms with van der Waals surface area (Å²) in [4.78, 5) is 10.8. The molecule has 4 heteroatoms. The SMILES string of the molecule is CC(C)[C@](O)(CCc1ccc(N)cc1)CC(=O)O. The molecule has 100 valence electrons. The number of carbonyl (C=O) groups is 1. The first-order valence-corrected chi connectivity index (χ1v) is 6.12. The highest BCUT2D eigenvalue weighted by atomic mass is 16.4. The van der Waals surface area contributed by atoms with Crippen LogP contribution in [0.1, 0.15) is 32.3 Å². The quantitative estimate of drug-likeness (QED) is 0.676. The largest absolute Gasteiger partial charge is 0.481 e. The lowest BCUT2D eigenvalue weighted by molar-refractivity contribution is -0.145. The molecule has 0 unspecified atom stereocenters. The van der Waals surface area contributed by atoms with Gasteiger partial charge in [0.1, 0.15) is 0 Å². The molecule has 18 heavy (non-hydrogen) atoms. The first-order chi connectivity index (χ1) is 8.33. The molecule has 4 nitrogen and oxygen atoms in total. The molecule has 0 aromatic heterocycles. The normalized spacial score (nSPS) is 14.4. The van der Waals surface area contributed by atoms with Crippen molar-refractivity contribution in [2.24, 2.45) is 5.92 Å². The molecule has 0 saturated carbocycles. The van der Waals surface area contributed by atoms with Crippen LogP contribution in [0.15, 0.2) is 24.3 Å². The third-order valence-electron chi connectivity index (χ3n) is 3.36. The van der Waals surface area contributed by atoms with Gasteiger partial charge in [-0.05, 0) is 36.5 Å². The van der Waals surface area contributed by atoms with Gasteiger partial charge in [0.05, 0.1) is 12.0 Å². The maximum Gasteiger partial charge on any atom is 0.306 e. The summed E-state index contributed by atoms with van der Waals surface area (Å²) in [5.41, 5.74) is 6.18. The van der Waals surface area contributed by atoms with Gasteiger partial charge in [-0.25, -0.2) is 0 Å². The van der Waals surface area contributed by atoms with Gasteiger partial charge in [-0.15, -0.1) is 0 Å². The van der Waals surface area contributed by atoms with Crippen LogP contribution in [0.5, 0.6) is 0 Å². The standard InChI is InChI=1S/C14H21NO3/c1-10(2)14(18,9-13(16)17)8-7-11-3-5-12(15)6-4-11/h3-6,10,18H,7-9,15H2,1-2H3,(H,16,17)/t14-/m0/s1.